The summed E-state index contributed by atoms with van der Waals surface area (Å²) in [6.07, 6.45) is 0. The molecule has 2 aromatic carbocycles. The lowest BCUT2D eigenvalue weighted by Gasteiger charge is -2.10. The maximum Gasteiger partial charge on any atom is 0.270 e. The van der Waals surface area contributed by atoms with E-state index in [-0.39, 0.29) is 5.91 Å². The third-order valence-corrected chi connectivity index (χ3v) is 4.50. The predicted molar refractivity (Wildman–Crippen MR) is 109 cm³/mol. The topological polar surface area (TPSA) is 66.9 Å². The van der Waals surface area contributed by atoms with Crippen LogP contribution in [0, 0.1) is 20.8 Å². The standard InChI is InChI=1S/C21H21ClN4O/c1-13-4-7-16(8-5-13)12-23-21(27)19-11-20(25-15(3)24-19)26-17-9-6-14(2)18(22)10-17/h4-11H,12H2,1-3H3,(H,23,27)(H,24,25,26). The highest BCUT2D eigenvalue weighted by Crippen LogP contribution is 2.22. The Balaban J connectivity index is 1.72. The zero-order chi connectivity index (χ0) is 19.4. The minimum atomic E-state index is -0.244. The number of hydrogen-bond donors (Lipinski definition) is 2. The average Bonchev–Trinajstić information content (AvgIpc) is 2.63. The molecule has 27 heavy (non-hydrogen) atoms. The van der Waals surface area contributed by atoms with E-state index < -0.39 is 0 Å². The molecule has 1 heterocycles. The molecule has 0 spiro atoms. The summed E-state index contributed by atoms with van der Waals surface area (Å²) in [6.45, 7) is 6.17. The van der Waals surface area contributed by atoms with Gasteiger partial charge in [-0.15, -0.1) is 0 Å². The van der Waals surface area contributed by atoms with E-state index in [4.69, 9.17) is 11.6 Å². The molecule has 0 atom stereocenters. The predicted octanol–water partition coefficient (Wildman–Crippen LogP) is 4.73. The van der Waals surface area contributed by atoms with Gasteiger partial charge in [0.1, 0.15) is 17.3 Å². The SMILES string of the molecule is Cc1ccc(CNC(=O)c2cc(Nc3ccc(C)c(Cl)c3)nc(C)n2)cc1. The van der Waals surface area contributed by atoms with Crippen LogP contribution in [0.1, 0.15) is 33.0 Å². The fraction of sp³-hybridized carbons (Fsp3) is 0.190. The van der Waals surface area contributed by atoms with Crippen molar-refractivity contribution in [2.45, 2.75) is 27.3 Å². The van der Waals surface area contributed by atoms with E-state index in [0.717, 1.165) is 16.8 Å². The monoisotopic (exact) mass is 380 g/mol. The quantitative estimate of drug-likeness (QED) is 0.671. The minimum absolute atomic E-state index is 0.244. The number of amides is 1. The van der Waals surface area contributed by atoms with Crippen LogP contribution in [-0.2, 0) is 6.54 Å². The molecular weight excluding hydrogens is 360 g/mol. The van der Waals surface area contributed by atoms with E-state index in [0.29, 0.717) is 28.9 Å². The van der Waals surface area contributed by atoms with Gasteiger partial charge in [-0.05, 0) is 44.0 Å². The zero-order valence-electron chi connectivity index (χ0n) is 15.5. The molecule has 0 fully saturated rings. The van der Waals surface area contributed by atoms with Crippen LogP contribution in [0.25, 0.3) is 0 Å². The van der Waals surface area contributed by atoms with Crippen LogP contribution in [0.15, 0.2) is 48.5 Å². The van der Waals surface area contributed by atoms with Crippen LogP contribution >= 0.6 is 11.6 Å². The molecule has 1 aromatic heterocycles. The highest BCUT2D eigenvalue weighted by Gasteiger charge is 2.11. The van der Waals surface area contributed by atoms with E-state index in [2.05, 4.69) is 20.6 Å². The number of nitrogens with zero attached hydrogens (tertiary/aromatic N) is 2. The molecule has 6 heteroatoms. The van der Waals surface area contributed by atoms with Crippen molar-refractivity contribution in [1.82, 2.24) is 15.3 Å². The Bertz CT molecular complexity index is 970. The molecule has 0 aliphatic rings. The largest absolute Gasteiger partial charge is 0.347 e. The van der Waals surface area contributed by atoms with Crippen LogP contribution in [-0.4, -0.2) is 15.9 Å². The van der Waals surface area contributed by atoms with Gasteiger partial charge in [-0.1, -0.05) is 47.5 Å². The van der Waals surface area contributed by atoms with Crippen LogP contribution in [0.4, 0.5) is 11.5 Å². The van der Waals surface area contributed by atoms with E-state index in [9.17, 15) is 4.79 Å². The number of aromatic nitrogens is 2. The van der Waals surface area contributed by atoms with E-state index >= 15 is 0 Å². The van der Waals surface area contributed by atoms with Gasteiger partial charge < -0.3 is 10.6 Å². The smallest absolute Gasteiger partial charge is 0.270 e. The Morgan fingerprint density at radius 2 is 1.74 bits per heavy atom. The molecule has 0 saturated carbocycles. The van der Waals surface area contributed by atoms with Crippen molar-refractivity contribution in [2.24, 2.45) is 0 Å². The third-order valence-electron chi connectivity index (χ3n) is 4.09. The van der Waals surface area contributed by atoms with Gasteiger partial charge in [-0.3, -0.25) is 4.79 Å². The summed E-state index contributed by atoms with van der Waals surface area (Å²) < 4.78 is 0. The Kier molecular flexibility index (Phi) is 5.72. The van der Waals surface area contributed by atoms with Gasteiger partial charge in [0.2, 0.25) is 0 Å². The second-order valence-corrected chi connectivity index (χ2v) is 6.85. The van der Waals surface area contributed by atoms with E-state index in [1.807, 2.05) is 56.3 Å². The number of halogens is 1. The number of nitrogens with one attached hydrogen (secondary N) is 2. The number of carbonyl (C=O) groups excluding carboxylic acids is 1. The molecule has 3 rings (SSSR count). The van der Waals surface area contributed by atoms with Crippen LogP contribution < -0.4 is 10.6 Å². The fourth-order valence-corrected chi connectivity index (χ4v) is 2.73. The molecular formula is C21H21ClN4O. The summed E-state index contributed by atoms with van der Waals surface area (Å²) in [5.74, 6) is 0.813. The third kappa shape index (κ3) is 5.05. The fourth-order valence-electron chi connectivity index (χ4n) is 2.55. The summed E-state index contributed by atoms with van der Waals surface area (Å²) in [6, 6.07) is 15.3. The average molecular weight is 381 g/mol. The summed E-state index contributed by atoms with van der Waals surface area (Å²) in [4.78, 5) is 21.1. The molecule has 0 aliphatic carbocycles. The Hall–Kier alpha value is -2.92. The second kappa shape index (κ2) is 8.18. The molecule has 2 N–H and O–H groups in total. The molecule has 1 amide bonds. The van der Waals surface area contributed by atoms with Gasteiger partial charge >= 0.3 is 0 Å². The van der Waals surface area contributed by atoms with Crippen molar-refractivity contribution in [2.75, 3.05) is 5.32 Å². The van der Waals surface area contributed by atoms with Crippen molar-refractivity contribution in [3.8, 4) is 0 Å². The molecule has 0 unspecified atom stereocenters. The first kappa shape index (κ1) is 18.9. The molecule has 0 bridgehead atoms. The van der Waals surface area contributed by atoms with Gasteiger partial charge in [0.15, 0.2) is 0 Å². The summed E-state index contributed by atoms with van der Waals surface area (Å²) in [7, 11) is 0. The number of rotatable bonds is 5. The van der Waals surface area contributed by atoms with Crippen LogP contribution in [0.2, 0.25) is 5.02 Å². The second-order valence-electron chi connectivity index (χ2n) is 6.44. The minimum Gasteiger partial charge on any atom is -0.347 e. The van der Waals surface area contributed by atoms with Gasteiger partial charge in [0.25, 0.3) is 5.91 Å². The van der Waals surface area contributed by atoms with Gasteiger partial charge in [0.05, 0.1) is 0 Å². The zero-order valence-corrected chi connectivity index (χ0v) is 16.3. The normalized spacial score (nSPS) is 10.5. The van der Waals surface area contributed by atoms with Gasteiger partial charge in [0, 0.05) is 23.3 Å². The lowest BCUT2D eigenvalue weighted by Crippen LogP contribution is -2.24. The van der Waals surface area contributed by atoms with Crippen molar-refractivity contribution in [1.29, 1.82) is 0 Å². The first-order chi connectivity index (χ1) is 12.9. The summed E-state index contributed by atoms with van der Waals surface area (Å²) in [5.41, 5.74) is 4.33. The van der Waals surface area contributed by atoms with E-state index in [1.165, 1.54) is 5.56 Å². The Labute approximate surface area is 163 Å². The molecule has 0 radical (unpaired) electrons. The molecule has 138 valence electrons. The molecule has 5 nitrogen and oxygen atoms in total. The van der Waals surface area contributed by atoms with Crippen molar-refractivity contribution < 1.29 is 4.79 Å². The number of aryl methyl sites for hydroxylation is 3. The number of hydrogen-bond acceptors (Lipinski definition) is 4. The molecule has 0 aliphatic heterocycles. The molecule has 3 aromatic rings. The van der Waals surface area contributed by atoms with Crippen molar-refractivity contribution in [3.63, 3.8) is 0 Å². The Morgan fingerprint density at radius 1 is 1.00 bits per heavy atom. The maximum absolute atomic E-state index is 12.5. The lowest BCUT2D eigenvalue weighted by molar-refractivity contribution is 0.0945. The van der Waals surface area contributed by atoms with E-state index in [1.54, 1.807) is 13.0 Å². The van der Waals surface area contributed by atoms with Crippen LogP contribution in [0.3, 0.4) is 0 Å². The highest BCUT2D eigenvalue weighted by atomic mass is 35.5. The highest BCUT2D eigenvalue weighted by molar-refractivity contribution is 6.31. The molecule has 0 saturated heterocycles. The van der Waals surface area contributed by atoms with Gasteiger partial charge in [-0.25, -0.2) is 9.97 Å². The summed E-state index contributed by atoms with van der Waals surface area (Å²) >= 11 is 6.17. The van der Waals surface area contributed by atoms with Crippen molar-refractivity contribution in [3.05, 3.63) is 81.8 Å². The Morgan fingerprint density at radius 3 is 2.44 bits per heavy atom. The first-order valence-corrected chi connectivity index (χ1v) is 9.01. The van der Waals surface area contributed by atoms with Crippen LogP contribution in [0.5, 0.6) is 0 Å². The number of benzene rings is 2. The number of anilines is 2. The summed E-state index contributed by atoms with van der Waals surface area (Å²) in [5, 5.41) is 6.73. The first-order valence-electron chi connectivity index (χ1n) is 8.63. The lowest BCUT2D eigenvalue weighted by atomic mass is 10.1. The maximum atomic E-state index is 12.5. The van der Waals surface area contributed by atoms with Gasteiger partial charge in [-0.2, -0.15) is 0 Å². The van der Waals surface area contributed by atoms with Crippen molar-refractivity contribution >= 4 is 29.0 Å². The number of carbonyl (C=O) groups is 1.